The number of aromatic nitrogens is 2. The molecule has 12 heteroatoms. The Labute approximate surface area is 179 Å². The van der Waals surface area contributed by atoms with E-state index in [0.717, 1.165) is 0 Å². The maximum Gasteiger partial charge on any atom is 0.459 e. The third-order valence-electron chi connectivity index (χ3n) is 4.62. The van der Waals surface area contributed by atoms with Gasteiger partial charge in [-0.2, -0.15) is 4.98 Å². The van der Waals surface area contributed by atoms with Gasteiger partial charge in [0.2, 0.25) is 0 Å². The second-order valence-corrected chi connectivity index (χ2v) is 8.76. The number of nitrogens with two attached hydrogens (primary N) is 1. The van der Waals surface area contributed by atoms with E-state index in [1.165, 1.54) is 23.9 Å². The number of nitrogen functional groups attached to an aromatic ring is 1. The van der Waals surface area contributed by atoms with Gasteiger partial charge in [-0.05, 0) is 24.6 Å². The van der Waals surface area contributed by atoms with Crippen molar-refractivity contribution < 1.29 is 27.9 Å². The van der Waals surface area contributed by atoms with Crippen LogP contribution in [-0.2, 0) is 23.4 Å². The summed E-state index contributed by atoms with van der Waals surface area (Å²) in [5.41, 5.74) is 5.02. The number of benzene rings is 1. The summed E-state index contributed by atoms with van der Waals surface area (Å²) in [6.07, 6.45) is 1.05. The molecule has 3 N–H and O–H groups in total. The summed E-state index contributed by atoms with van der Waals surface area (Å²) < 4.78 is 36.1. The number of nitrogens with zero attached hydrogens (tertiary/aromatic N) is 2. The number of nitrogens with one attached hydrogen (secondary N) is 1. The number of anilines is 1. The predicted molar refractivity (Wildman–Crippen MR) is 111 cm³/mol. The highest BCUT2D eigenvalue weighted by molar-refractivity contribution is 7.52. The van der Waals surface area contributed by atoms with Gasteiger partial charge in [-0.25, -0.2) is 14.4 Å². The minimum absolute atomic E-state index is 0.0332. The average Bonchev–Trinajstić information content (AvgIpc) is 3.12. The zero-order valence-electron chi connectivity index (χ0n) is 17.2. The highest BCUT2D eigenvalue weighted by Gasteiger charge is 2.37. The quantitative estimate of drug-likeness (QED) is 0.426. The number of ether oxygens (including phenoxy) is 2. The molecule has 1 aliphatic rings. The molecule has 4 atom stereocenters. The summed E-state index contributed by atoms with van der Waals surface area (Å²) in [7, 11) is -2.70. The zero-order chi connectivity index (χ0) is 22.4. The van der Waals surface area contributed by atoms with Gasteiger partial charge >= 0.3 is 19.4 Å². The van der Waals surface area contributed by atoms with Gasteiger partial charge in [-0.3, -0.25) is 13.9 Å². The van der Waals surface area contributed by atoms with Crippen molar-refractivity contribution in [1.82, 2.24) is 14.6 Å². The van der Waals surface area contributed by atoms with Crippen molar-refractivity contribution in [2.75, 3.05) is 26.0 Å². The van der Waals surface area contributed by atoms with E-state index < -0.39 is 31.7 Å². The fourth-order valence-corrected chi connectivity index (χ4v) is 4.42. The average molecular weight is 452 g/mol. The number of para-hydroxylation sites is 1. The molecule has 1 fully saturated rings. The van der Waals surface area contributed by atoms with Crippen molar-refractivity contribution in [2.24, 2.45) is 5.92 Å². The van der Waals surface area contributed by atoms with Crippen molar-refractivity contribution in [3.63, 3.8) is 0 Å². The van der Waals surface area contributed by atoms with Crippen LogP contribution in [0.2, 0.25) is 0 Å². The van der Waals surface area contributed by atoms with Crippen molar-refractivity contribution in [1.29, 1.82) is 0 Å². The predicted octanol–water partition coefficient (Wildman–Crippen LogP) is 1.72. The van der Waals surface area contributed by atoms with E-state index in [-0.39, 0.29) is 24.9 Å². The van der Waals surface area contributed by atoms with Gasteiger partial charge < -0.3 is 19.7 Å². The van der Waals surface area contributed by atoms with Crippen LogP contribution in [0.4, 0.5) is 5.82 Å². The van der Waals surface area contributed by atoms with Crippen LogP contribution in [0.5, 0.6) is 5.75 Å². The van der Waals surface area contributed by atoms with Crippen LogP contribution in [0.1, 0.15) is 19.6 Å². The largest absolute Gasteiger partial charge is 0.468 e. The molecule has 0 amide bonds. The minimum Gasteiger partial charge on any atom is -0.468 e. The summed E-state index contributed by atoms with van der Waals surface area (Å²) >= 11 is 0. The number of methoxy groups -OCH3 is 1. The van der Waals surface area contributed by atoms with E-state index in [1.807, 2.05) is 6.92 Å². The van der Waals surface area contributed by atoms with Gasteiger partial charge in [0.25, 0.3) is 0 Å². The zero-order valence-corrected chi connectivity index (χ0v) is 18.1. The van der Waals surface area contributed by atoms with E-state index in [4.69, 9.17) is 19.5 Å². The molecule has 11 nitrogen and oxygen atoms in total. The highest BCUT2D eigenvalue weighted by atomic mass is 31.2. The van der Waals surface area contributed by atoms with E-state index in [1.54, 1.807) is 30.3 Å². The van der Waals surface area contributed by atoms with Crippen LogP contribution < -0.4 is 21.0 Å². The molecule has 1 saturated heterocycles. The molecule has 0 saturated carbocycles. The SMILES string of the molecule is COC(=O)CNP(=O)(OC[C@@H]1C[C@H](C)[C@H](n2ccc(N)nc2=O)O1)Oc1ccccc1. The molecular weight excluding hydrogens is 427 g/mol. The number of hydrogen-bond donors (Lipinski definition) is 2. The Hall–Kier alpha value is -2.72. The molecule has 1 unspecified atom stereocenters. The van der Waals surface area contributed by atoms with Crippen molar-refractivity contribution >= 4 is 19.5 Å². The lowest BCUT2D eigenvalue weighted by molar-refractivity contribution is -0.139. The van der Waals surface area contributed by atoms with Gasteiger partial charge in [0.1, 0.15) is 24.3 Å². The molecule has 1 aromatic carbocycles. The molecule has 0 spiro atoms. The van der Waals surface area contributed by atoms with E-state index in [9.17, 15) is 14.2 Å². The lowest BCUT2D eigenvalue weighted by atomic mass is 10.1. The van der Waals surface area contributed by atoms with Crippen molar-refractivity contribution in [3.8, 4) is 5.75 Å². The van der Waals surface area contributed by atoms with E-state index in [0.29, 0.717) is 12.2 Å². The Morgan fingerprint density at radius 3 is 2.77 bits per heavy atom. The fourth-order valence-electron chi connectivity index (χ4n) is 3.12. The molecule has 2 aromatic rings. The summed E-state index contributed by atoms with van der Waals surface area (Å²) in [5.74, 6) is -0.223. The van der Waals surface area contributed by atoms with Crippen molar-refractivity contribution in [2.45, 2.75) is 25.7 Å². The lowest BCUT2D eigenvalue weighted by Gasteiger charge is -2.21. The van der Waals surface area contributed by atoms with Crippen LogP contribution in [0.3, 0.4) is 0 Å². The third-order valence-corrected chi connectivity index (χ3v) is 6.11. The van der Waals surface area contributed by atoms with Gasteiger partial charge in [0, 0.05) is 12.1 Å². The minimum atomic E-state index is -3.92. The molecule has 0 bridgehead atoms. The molecule has 3 rings (SSSR count). The topological polar surface area (TPSA) is 144 Å². The summed E-state index contributed by atoms with van der Waals surface area (Å²) in [6, 6.07) is 9.94. The Morgan fingerprint density at radius 1 is 1.35 bits per heavy atom. The Balaban J connectivity index is 1.67. The monoisotopic (exact) mass is 452 g/mol. The van der Waals surface area contributed by atoms with Crippen LogP contribution >= 0.6 is 7.75 Å². The molecule has 1 aromatic heterocycles. The maximum atomic E-state index is 13.2. The normalized spacial score (nSPS) is 22.6. The number of hydrogen-bond acceptors (Lipinski definition) is 9. The molecule has 0 aliphatic carbocycles. The molecule has 168 valence electrons. The van der Waals surface area contributed by atoms with Crippen LogP contribution in [-0.4, -0.2) is 41.9 Å². The van der Waals surface area contributed by atoms with Crippen molar-refractivity contribution in [3.05, 3.63) is 53.1 Å². The first-order chi connectivity index (χ1) is 14.8. The lowest BCUT2D eigenvalue weighted by Crippen LogP contribution is -2.30. The number of carbonyl (C=O) groups is 1. The summed E-state index contributed by atoms with van der Waals surface area (Å²) in [6.45, 7) is 1.47. The smallest absolute Gasteiger partial charge is 0.459 e. The Kier molecular flexibility index (Phi) is 7.45. The van der Waals surface area contributed by atoms with Crippen LogP contribution in [0.25, 0.3) is 0 Å². The Bertz CT molecular complexity index is 1000. The fraction of sp³-hybridized carbons (Fsp3) is 0.421. The molecule has 1 aliphatic heterocycles. The Morgan fingerprint density at radius 2 is 2.10 bits per heavy atom. The van der Waals surface area contributed by atoms with E-state index >= 15 is 0 Å². The van der Waals surface area contributed by atoms with E-state index in [2.05, 4.69) is 14.8 Å². The van der Waals surface area contributed by atoms with Crippen LogP contribution in [0, 0.1) is 5.92 Å². The van der Waals surface area contributed by atoms with Gasteiger partial charge in [-0.1, -0.05) is 25.1 Å². The van der Waals surface area contributed by atoms with Gasteiger partial charge in [0.05, 0.1) is 19.8 Å². The molecule has 0 radical (unpaired) electrons. The summed E-state index contributed by atoms with van der Waals surface area (Å²) in [4.78, 5) is 27.3. The first-order valence-electron chi connectivity index (χ1n) is 9.61. The summed E-state index contributed by atoms with van der Waals surface area (Å²) in [5, 5.41) is 2.49. The standard InChI is InChI=1S/C19H25N4O7P/c1-13-10-15(29-18(13)23-9-8-16(20)22-19(23)25)12-28-31(26,21-11-17(24)27-2)30-14-6-4-3-5-7-14/h3-9,13,15,18H,10-12H2,1-2H3,(H,21,26)(H2,20,22,25)/t13-,15-,18+,31?/m0/s1. The number of carbonyl (C=O) groups excluding carboxylic acids is 1. The highest BCUT2D eigenvalue weighted by Crippen LogP contribution is 2.45. The van der Waals surface area contributed by atoms with Gasteiger partial charge in [-0.15, -0.1) is 0 Å². The first-order valence-corrected chi connectivity index (χ1v) is 11.1. The second kappa shape index (κ2) is 10.1. The number of esters is 1. The molecular formula is C19H25N4O7P. The first kappa shape index (κ1) is 23.0. The van der Waals surface area contributed by atoms with Crippen LogP contribution in [0.15, 0.2) is 47.4 Å². The van der Waals surface area contributed by atoms with Gasteiger partial charge in [0.15, 0.2) is 0 Å². The second-order valence-electron chi connectivity index (χ2n) is 7.01. The number of rotatable bonds is 9. The maximum absolute atomic E-state index is 13.2. The molecule has 31 heavy (non-hydrogen) atoms. The third kappa shape index (κ3) is 6.14. The molecule has 2 heterocycles.